The van der Waals surface area contributed by atoms with E-state index >= 15 is 0 Å². The SMILES string of the molecule is O=c1ccoc2c([N+](=O)[O-])ccc(O)c12. The summed E-state index contributed by atoms with van der Waals surface area (Å²) in [4.78, 5) is 21.3. The number of nitrogens with zero attached hydrogens (tertiary/aromatic N) is 1. The van der Waals surface area contributed by atoms with Gasteiger partial charge in [0.1, 0.15) is 11.1 Å². The fourth-order valence-electron chi connectivity index (χ4n) is 1.31. The van der Waals surface area contributed by atoms with Crippen molar-refractivity contribution in [3.05, 3.63) is 44.8 Å². The number of phenols is 1. The number of benzene rings is 1. The number of phenolic OH excluding ortho intramolecular Hbond substituents is 1. The molecule has 6 nitrogen and oxygen atoms in total. The lowest BCUT2D eigenvalue weighted by Gasteiger charge is -1.99. The van der Waals surface area contributed by atoms with Crippen LogP contribution in [0.25, 0.3) is 11.0 Å². The van der Waals surface area contributed by atoms with Gasteiger partial charge in [-0.2, -0.15) is 0 Å². The Morgan fingerprint density at radius 2 is 2.07 bits per heavy atom. The highest BCUT2D eigenvalue weighted by Gasteiger charge is 2.18. The van der Waals surface area contributed by atoms with E-state index in [1.54, 1.807) is 0 Å². The normalized spacial score (nSPS) is 10.4. The number of non-ortho nitro benzene ring substituents is 1. The van der Waals surface area contributed by atoms with Gasteiger partial charge in [-0.05, 0) is 6.07 Å². The third-order valence-electron chi connectivity index (χ3n) is 1.96. The molecule has 76 valence electrons. The maximum Gasteiger partial charge on any atom is 0.312 e. The van der Waals surface area contributed by atoms with Crippen LogP contribution in [-0.2, 0) is 0 Å². The van der Waals surface area contributed by atoms with E-state index in [1.807, 2.05) is 0 Å². The summed E-state index contributed by atoms with van der Waals surface area (Å²) in [7, 11) is 0. The van der Waals surface area contributed by atoms with E-state index in [1.165, 1.54) is 0 Å². The molecule has 6 heteroatoms. The van der Waals surface area contributed by atoms with Crippen LogP contribution in [0.2, 0.25) is 0 Å². The molecule has 1 aromatic heterocycles. The number of rotatable bonds is 1. The van der Waals surface area contributed by atoms with Gasteiger partial charge in [0.05, 0.1) is 11.2 Å². The third kappa shape index (κ3) is 1.32. The lowest BCUT2D eigenvalue weighted by molar-refractivity contribution is -0.383. The summed E-state index contributed by atoms with van der Waals surface area (Å²) in [5, 5.41) is 19.8. The van der Waals surface area contributed by atoms with Crippen molar-refractivity contribution in [2.75, 3.05) is 0 Å². The molecule has 0 radical (unpaired) electrons. The van der Waals surface area contributed by atoms with Crippen LogP contribution < -0.4 is 5.43 Å². The molecule has 0 saturated heterocycles. The van der Waals surface area contributed by atoms with Crippen LogP contribution in [0.15, 0.2) is 33.7 Å². The lowest BCUT2D eigenvalue weighted by atomic mass is 10.2. The van der Waals surface area contributed by atoms with Crippen molar-refractivity contribution in [3.8, 4) is 5.75 Å². The maximum atomic E-state index is 11.3. The van der Waals surface area contributed by atoms with Gasteiger partial charge in [0.15, 0.2) is 5.43 Å². The number of nitro groups is 1. The van der Waals surface area contributed by atoms with Gasteiger partial charge < -0.3 is 9.52 Å². The molecule has 0 fully saturated rings. The second-order valence-corrected chi connectivity index (χ2v) is 2.85. The molecule has 0 atom stereocenters. The van der Waals surface area contributed by atoms with Gasteiger partial charge in [0, 0.05) is 12.1 Å². The van der Waals surface area contributed by atoms with Crippen molar-refractivity contribution in [3.63, 3.8) is 0 Å². The van der Waals surface area contributed by atoms with E-state index < -0.39 is 10.4 Å². The van der Waals surface area contributed by atoms with E-state index in [4.69, 9.17) is 4.42 Å². The molecule has 1 heterocycles. The Morgan fingerprint density at radius 3 is 2.73 bits per heavy atom. The summed E-state index contributed by atoms with van der Waals surface area (Å²) in [6, 6.07) is 3.27. The molecule has 15 heavy (non-hydrogen) atoms. The average Bonchev–Trinajstić information content (AvgIpc) is 2.17. The van der Waals surface area contributed by atoms with Crippen molar-refractivity contribution in [2.45, 2.75) is 0 Å². The molecular formula is C9H5NO5. The molecule has 1 aromatic carbocycles. The quantitative estimate of drug-likeness (QED) is 0.563. The van der Waals surface area contributed by atoms with Crippen LogP contribution >= 0.6 is 0 Å². The van der Waals surface area contributed by atoms with E-state index in [0.29, 0.717) is 0 Å². The zero-order valence-electron chi connectivity index (χ0n) is 7.34. The molecule has 0 aliphatic rings. The van der Waals surface area contributed by atoms with E-state index in [2.05, 4.69) is 0 Å². The lowest BCUT2D eigenvalue weighted by Crippen LogP contribution is -2.00. The molecule has 0 unspecified atom stereocenters. The molecule has 0 amide bonds. The third-order valence-corrected chi connectivity index (χ3v) is 1.96. The van der Waals surface area contributed by atoms with Crippen LogP contribution in [0.4, 0.5) is 5.69 Å². The van der Waals surface area contributed by atoms with Crippen molar-refractivity contribution >= 4 is 16.7 Å². The predicted molar refractivity (Wildman–Crippen MR) is 50.8 cm³/mol. The van der Waals surface area contributed by atoms with Crippen LogP contribution in [0.1, 0.15) is 0 Å². The van der Waals surface area contributed by atoms with E-state index in [-0.39, 0.29) is 22.4 Å². The summed E-state index contributed by atoms with van der Waals surface area (Å²) >= 11 is 0. The Kier molecular flexibility index (Phi) is 1.89. The Morgan fingerprint density at radius 1 is 1.33 bits per heavy atom. The molecular weight excluding hydrogens is 202 g/mol. The second-order valence-electron chi connectivity index (χ2n) is 2.85. The standard InChI is InChI=1S/C9H5NO5/c11-6-2-1-5(10(13)14)9-8(6)7(12)3-4-15-9/h1-4,11H. The van der Waals surface area contributed by atoms with E-state index in [0.717, 1.165) is 24.5 Å². The number of fused-ring (bicyclic) bond motifs is 1. The van der Waals surface area contributed by atoms with Gasteiger partial charge in [-0.25, -0.2) is 0 Å². The summed E-state index contributed by atoms with van der Waals surface area (Å²) in [6.07, 6.45) is 1.05. The number of hydrogen-bond donors (Lipinski definition) is 1. The van der Waals surface area contributed by atoms with Crippen LogP contribution in [0, 0.1) is 10.1 Å². The first kappa shape index (κ1) is 9.20. The summed E-state index contributed by atoms with van der Waals surface area (Å²) in [6.45, 7) is 0. The second kappa shape index (κ2) is 3.09. The Balaban J connectivity index is 3.01. The highest BCUT2D eigenvalue weighted by atomic mass is 16.6. The van der Waals surface area contributed by atoms with Gasteiger partial charge in [-0.3, -0.25) is 14.9 Å². The molecule has 0 bridgehead atoms. The first-order valence-corrected chi connectivity index (χ1v) is 3.99. The van der Waals surface area contributed by atoms with Crippen LogP contribution in [0.3, 0.4) is 0 Å². The Labute approximate surface area is 82.5 Å². The molecule has 2 aromatic rings. The maximum absolute atomic E-state index is 11.3. The predicted octanol–water partition coefficient (Wildman–Crippen LogP) is 1.41. The van der Waals surface area contributed by atoms with Gasteiger partial charge in [-0.1, -0.05) is 0 Å². The highest BCUT2D eigenvalue weighted by Crippen LogP contribution is 2.29. The fourth-order valence-corrected chi connectivity index (χ4v) is 1.31. The first-order chi connectivity index (χ1) is 7.11. The van der Waals surface area contributed by atoms with Gasteiger partial charge in [0.2, 0.25) is 5.58 Å². The summed E-state index contributed by atoms with van der Waals surface area (Å²) in [5.41, 5.74) is -1.08. The average molecular weight is 207 g/mol. The zero-order chi connectivity index (χ0) is 11.0. The molecule has 0 spiro atoms. The molecule has 0 saturated carbocycles. The minimum absolute atomic E-state index is 0.174. The summed E-state index contributed by atoms with van der Waals surface area (Å²) in [5.74, 6) is -0.329. The van der Waals surface area contributed by atoms with E-state index in [9.17, 15) is 20.0 Å². The van der Waals surface area contributed by atoms with Crippen LogP contribution in [0.5, 0.6) is 5.75 Å². The van der Waals surface area contributed by atoms with Crippen molar-refractivity contribution in [1.29, 1.82) is 0 Å². The number of hydrogen-bond acceptors (Lipinski definition) is 5. The topological polar surface area (TPSA) is 93.6 Å². The first-order valence-electron chi connectivity index (χ1n) is 3.99. The molecule has 1 N–H and O–H groups in total. The Hall–Kier alpha value is -2.37. The molecule has 0 aliphatic heterocycles. The largest absolute Gasteiger partial charge is 0.507 e. The Bertz CT molecular complexity index is 601. The van der Waals surface area contributed by atoms with Gasteiger partial charge in [0.25, 0.3) is 0 Å². The number of nitro benzene ring substituents is 1. The highest BCUT2D eigenvalue weighted by molar-refractivity contribution is 5.89. The fraction of sp³-hybridized carbons (Fsp3) is 0. The smallest absolute Gasteiger partial charge is 0.312 e. The minimum atomic E-state index is -0.676. The van der Waals surface area contributed by atoms with Crippen molar-refractivity contribution in [1.82, 2.24) is 0 Å². The van der Waals surface area contributed by atoms with Gasteiger partial charge >= 0.3 is 5.69 Å². The number of aromatic hydroxyl groups is 1. The molecule has 2 rings (SSSR count). The monoisotopic (exact) mass is 207 g/mol. The zero-order valence-corrected chi connectivity index (χ0v) is 7.34. The van der Waals surface area contributed by atoms with Crippen molar-refractivity contribution in [2.24, 2.45) is 0 Å². The molecule has 0 aliphatic carbocycles. The minimum Gasteiger partial charge on any atom is -0.507 e. The summed E-state index contributed by atoms with van der Waals surface area (Å²) < 4.78 is 4.86. The van der Waals surface area contributed by atoms with Gasteiger partial charge in [-0.15, -0.1) is 0 Å². The van der Waals surface area contributed by atoms with Crippen molar-refractivity contribution < 1.29 is 14.4 Å². The van der Waals surface area contributed by atoms with Crippen LogP contribution in [-0.4, -0.2) is 10.0 Å².